The van der Waals surface area contributed by atoms with Gasteiger partial charge in [-0.1, -0.05) is 21.5 Å². The van der Waals surface area contributed by atoms with Crippen molar-refractivity contribution < 1.29 is 19.4 Å². The fourth-order valence-electron chi connectivity index (χ4n) is 4.32. The summed E-state index contributed by atoms with van der Waals surface area (Å²) in [4.78, 5) is 26.9. The maximum atomic E-state index is 12.9. The Labute approximate surface area is 167 Å². The van der Waals surface area contributed by atoms with E-state index in [4.69, 9.17) is 4.74 Å². The van der Waals surface area contributed by atoms with Crippen LogP contribution in [0, 0.1) is 5.92 Å². The van der Waals surface area contributed by atoms with E-state index in [1.807, 2.05) is 4.90 Å². The minimum Gasteiger partial charge on any atom is -0.504 e. The van der Waals surface area contributed by atoms with Crippen molar-refractivity contribution in [2.45, 2.75) is 51.0 Å². The fourth-order valence-corrected chi connectivity index (χ4v) is 4.80. The van der Waals surface area contributed by atoms with Crippen LogP contribution in [-0.4, -0.2) is 41.4 Å². The summed E-state index contributed by atoms with van der Waals surface area (Å²) >= 11 is 3.58. The van der Waals surface area contributed by atoms with Crippen LogP contribution >= 0.6 is 15.9 Å². The molecule has 1 fully saturated rings. The van der Waals surface area contributed by atoms with Crippen LogP contribution < -0.4 is 4.74 Å². The second kappa shape index (κ2) is 7.30. The van der Waals surface area contributed by atoms with Crippen LogP contribution in [0.5, 0.6) is 11.5 Å². The van der Waals surface area contributed by atoms with Gasteiger partial charge in [0.1, 0.15) is 5.78 Å². The monoisotopic (exact) mass is 433 g/mol. The highest BCUT2D eigenvalue weighted by Gasteiger charge is 2.40. The molecule has 6 heteroatoms. The predicted octanol–water partition coefficient (Wildman–Crippen LogP) is 3.77. The summed E-state index contributed by atoms with van der Waals surface area (Å²) in [6.45, 7) is 0.686. The topological polar surface area (TPSA) is 66.8 Å². The van der Waals surface area contributed by atoms with E-state index in [1.54, 1.807) is 12.1 Å². The van der Waals surface area contributed by atoms with Crippen molar-refractivity contribution >= 4 is 27.6 Å². The average molecular weight is 434 g/mol. The van der Waals surface area contributed by atoms with Crippen LogP contribution in [-0.2, 0) is 16.0 Å². The molecule has 0 bridgehead atoms. The third-order valence-corrected chi connectivity index (χ3v) is 6.68. The smallest absolute Gasteiger partial charge is 0.226 e. The minimum atomic E-state index is -0.0287. The molecule has 2 aliphatic carbocycles. The third kappa shape index (κ3) is 3.64. The number of rotatable bonds is 4. The molecule has 0 spiro atoms. The molecular weight excluding hydrogens is 410 g/mol. The summed E-state index contributed by atoms with van der Waals surface area (Å²) in [5.41, 5.74) is 3.43. The van der Waals surface area contributed by atoms with E-state index in [9.17, 15) is 14.7 Å². The number of amides is 1. The summed E-state index contributed by atoms with van der Waals surface area (Å²) < 4.78 is 6.03. The Hall–Kier alpha value is -1.82. The molecule has 1 amide bonds. The van der Waals surface area contributed by atoms with Crippen molar-refractivity contribution in [2.24, 2.45) is 5.92 Å². The normalized spacial score (nSPS) is 22.7. The lowest BCUT2D eigenvalue weighted by Crippen LogP contribution is -2.48. The molecule has 1 N–H and O–H groups in total. The molecule has 1 saturated carbocycles. The lowest BCUT2D eigenvalue weighted by atomic mass is 9.79. The van der Waals surface area contributed by atoms with Crippen LogP contribution in [0.1, 0.15) is 44.1 Å². The van der Waals surface area contributed by atoms with E-state index >= 15 is 0 Å². The Balaban J connectivity index is 1.68. The SMILES string of the molecule is COc1cc(Br)c(CC2C3=C(CCN2C(=O)C2CC2)CC(=O)CC3)cc1O. The number of halogens is 1. The van der Waals surface area contributed by atoms with Crippen LogP contribution in [0.15, 0.2) is 27.8 Å². The Kier molecular flexibility index (Phi) is 5.01. The lowest BCUT2D eigenvalue weighted by Gasteiger charge is -2.41. The first kappa shape index (κ1) is 18.5. The van der Waals surface area contributed by atoms with E-state index in [0.717, 1.165) is 35.7 Å². The van der Waals surface area contributed by atoms with Gasteiger partial charge < -0.3 is 14.7 Å². The number of methoxy groups -OCH3 is 1. The Morgan fingerprint density at radius 1 is 1.30 bits per heavy atom. The lowest BCUT2D eigenvalue weighted by molar-refractivity contribution is -0.134. The molecule has 1 unspecified atom stereocenters. The molecule has 1 aromatic carbocycles. The van der Waals surface area contributed by atoms with E-state index in [1.165, 1.54) is 18.3 Å². The third-order valence-electron chi connectivity index (χ3n) is 5.94. The maximum absolute atomic E-state index is 12.9. The Morgan fingerprint density at radius 2 is 2.07 bits per heavy atom. The maximum Gasteiger partial charge on any atom is 0.226 e. The van der Waals surface area contributed by atoms with Crippen molar-refractivity contribution in [1.29, 1.82) is 0 Å². The van der Waals surface area contributed by atoms with Crippen molar-refractivity contribution in [1.82, 2.24) is 4.90 Å². The molecular formula is C21H24BrNO4. The number of hydrogen-bond acceptors (Lipinski definition) is 4. The number of phenols is 1. The van der Waals surface area contributed by atoms with Crippen LogP contribution in [0.2, 0.25) is 0 Å². The van der Waals surface area contributed by atoms with Crippen molar-refractivity contribution in [3.8, 4) is 11.5 Å². The largest absolute Gasteiger partial charge is 0.504 e. The van der Waals surface area contributed by atoms with Gasteiger partial charge in [0.15, 0.2) is 11.5 Å². The standard InChI is InChI=1S/C21H24BrNO4/c1-27-20-11-17(22)14(10-19(20)25)9-18-16-5-4-15(24)8-13(16)6-7-23(18)21(26)12-2-3-12/h10-12,18,25H,2-9H2,1H3. The molecule has 0 saturated heterocycles. The zero-order valence-electron chi connectivity index (χ0n) is 15.5. The van der Waals surface area contributed by atoms with Crippen molar-refractivity contribution in [3.05, 3.63) is 33.3 Å². The molecule has 1 aromatic rings. The number of nitrogens with zero attached hydrogens (tertiary/aromatic N) is 1. The van der Waals surface area contributed by atoms with Gasteiger partial charge in [-0.3, -0.25) is 9.59 Å². The van der Waals surface area contributed by atoms with Crippen molar-refractivity contribution in [2.75, 3.05) is 13.7 Å². The van der Waals surface area contributed by atoms with E-state index in [2.05, 4.69) is 15.9 Å². The summed E-state index contributed by atoms with van der Waals surface area (Å²) in [5.74, 6) is 1.24. The highest BCUT2D eigenvalue weighted by molar-refractivity contribution is 9.10. The fraction of sp³-hybridized carbons (Fsp3) is 0.524. The average Bonchev–Trinajstić information content (AvgIpc) is 3.49. The highest BCUT2D eigenvalue weighted by atomic mass is 79.9. The van der Waals surface area contributed by atoms with Gasteiger partial charge in [-0.05, 0) is 55.4 Å². The number of ether oxygens (including phenoxy) is 1. The molecule has 144 valence electrons. The Bertz CT molecular complexity index is 828. The number of aromatic hydroxyl groups is 1. The van der Waals surface area contributed by atoms with Gasteiger partial charge in [0.05, 0.1) is 13.2 Å². The van der Waals surface area contributed by atoms with Gasteiger partial charge in [0.25, 0.3) is 0 Å². The molecule has 1 atom stereocenters. The molecule has 0 radical (unpaired) electrons. The molecule has 0 aromatic heterocycles. The first-order chi connectivity index (χ1) is 13.0. The second-order valence-corrected chi connectivity index (χ2v) is 8.59. The molecule has 1 aliphatic heterocycles. The van der Waals surface area contributed by atoms with Gasteiger partial charge in [0.2, 0.25) is 5.91 Å². The summed E-state index contributed by atoms with van der Waals surface area (Å²) in [5, 5.41) is 10.2. The number of carbonyl (C=O) groups excluding carboxylic acids is 2. The van der Waals surface area contributed by atoms with Gasteiger partial charge in [0, 0.05) is 29.8 Å². The first-order valence-electron chi connectivity index (χ1n) is 9.56. The summed E-state index contributed by atoms with van der Waals surface area (Å²) in [6, 6.07) is 3.45. The van der Waals surface area contributed by atoms with Crippen LogP contribution in [0.3, 0.4) is 0 Å². The van der Waals surface area contributed by atoms with Gasteiger partial charge in [-0.15, -0.1) is 0 Å². The molecule has 27 heavy (non-hydrogen) atoms. The molecule has 3 aliphatic rings. The molecule has 1 heterocycles. The summed E-state index contributed by atoms with van der Waals surface area (Å²) in [7, 11) is 1.52. The van der Waals surface area contributed by atoms with Gasteiger partial charge >= 0.3 is 0 Å². The second-order valence-electron chi connectivity index (χ2n) is 7.74. The number of phenolic OH excluding ortho intramolecular Hbond substituents is 1. The van der Waals surface area contributed by atoms with Gasteiger partial charge in [-0.25, -0.2) is 0 Å². The van der Waals surface area contributed by atoms with Crippen LogP contribution in [0.25, 0.3) is 0 Å². The zero-order valence-corrected chi connectivity index (χ0v) is 17.0. The first-order valence-corrected chi connectivity index (χ1v) is 10.4. The van der Waals surface area contributed by atoms with Crippen molar-refractivity contribution in [3.63, 3.8) is 0 Å². The van der Waals surface area contributed by atoms with E-state index in [-0.39, 0.29) is 23.6 Å². The Morgan fingerprint density at radius 3 is 2.78 bits per heavy atom. The zero-order chi connectivity index (χ0) is 19.1. The quantitative estimate of drug-likeness (QED) is 0.733. The minimum absolute atomic E-state index is 0.0287. The number of benzene rings is 1. The number of carbonyl (C=O) groups is 2. The number of Topliss-reactive ketones (excluding diaryl/α,β-unsaturated/α-hetero) is 1. The van der Waals surface area contributed by atoms with Gasteiger partial charge in [-0.2, -0.15) is 0 Å². The number of hydrogen-bond donors (Lipinski definition) is 1. The highest BCUT2D eigenvalue weighted by Crippen LogP contribution is 2.41. The molecule has 4 rings (SSSR count). The van der Waals surface area contributed by atoms with Crippen LogP contribution in [0.4, 0.5) is 0 Å². The van der Waals surface area contributed by atoms with E-state index < -0.39 is 0 Å². The summed E-state index contributed by atoms with van der Waals surface area (Å²) in [6.07, 6.45) is 5.25. The number of ketones is 1. The molecule has 5 nitrogen and oxygen atoms in total. The predicted molar refractivity (Wildman–Crippen MR) is 105 cm³/mol. The van der Waals surface area contributed by atoms with E-state index in [0.29, 0.717) is 37.3 Å².